The van der Waals surface area contributed by atoms with Gasteiger partial charge in [-0.3, -0.25) is 0 Å². The fourth-order valence-corrected chi connectivity index (χ4v) is 0.887. The average Bonchev–Trinajstić information content (AvgIpc) is 2.55. The lowest BCUT2D eigenvalue weighted by molar-refractivity contribution is 0.886. The largest absolute Gasteiger partial charge is 0.394 e. The van der Waals surface area contributed by atoms with Gasteiger partial charge in [-0.1, -0.05) is 57.9 Å². The number of nitrogens with two attached hydrogens (primary N) is 1. The van der Waals surface area contributed by atoms with Gasteiger partial charge in [0.15, 0.2) is 0 Å². The summed E-state index contributed by atoms with van der Waals surface area (Å²) < 4.78 is 0. The molecule has 0 amide bonds. The van der Waals surface area contributed by atoms with Crippen molar-refractivity contribution in [2.45, 2.75) is 53.9 Å². The van der Waals surface area contributed by atoms with Gasteiger partial charge in [0, 0.05) is 19.3 Å². The summed E-state index contributed by atoms with van der Waals surface area (Å²) in [6.07, 6.45) is 15.7. The Morgan fingerprint density at radius 2 is 1.59 bits per heavy atom. The molecule has 0 rings (SSSR count). The second-order valence-corrected chi connectivity index (χ2v) is 4.05. The van der Waals surface area contributed by atoms with E-state index >= 15 is 0 Å². The fourth-order valence-electron chi connectivity index (χ4n) is 0.887. The van der Waals surface area contributed by atoms with E-state index in [4.69, 9.17) is 0 Å². The Kier molecular flexibility index (Phi) is 47.7. The summed E-state index contributed by atoms with van der Waals surface area (Å²) in [5.74, 6) is 0. The Bertz CT molecular complexity index is 251. The molecule has 4 N–H and O–H groups in total. The monoisotopic (exact) mass is 311 g/mol. The molecule has 132 valence electrons. The number of allylic oxidation sites excluding steroid dienone is 4. The van der Waals surface area contributed by atoms with Gasteiger partial charge in [-0.25, -0.2) is 0 Å². The van der Waals surface area contributed by atoms with Gasteiger partial charge in [0.2, 0.25) is 0 Å². The maximum atomic E-state index is 4.50. The van der Waals surface area contributed by atoms with E-state index in [1.165, 1.54) is 19.9 Å². The first-order chi connectivity index (χ1) is 10.7. The van der Waals surface area contributed by atoms with Crippen molar-refractivity contribution in [1.82, 2.24) is 10.6 Å². The predicted octanol–water partition coefficient (Wildman–Crippen LogP) is 4.75. The maximum absolute atomic E-state index is 4.50. The molecule has 0 aliphatic carbocycles. The molecule has 0 spiro atoms. The third-order valence-corrected chi connectivity index (χ3v) is 2.01. The summed E-state index contributed by atoms with van der Waals surface area (Å²) >= 11 is 0. The Balaban J connectivity index is -0.000000149. The van der Waals surface area contributed by atoms with Crippen LogP contribution in [0, 0.1) is 0 Å². The van der Waals surface area contributed by atoms with E-state index in [9.17, 15) is 0 Å². The number of unbranched alkanes of at least 4 members (excludes halogenated alkanes) is 1. The topological polar surface area (TPSA) is 50.1 Å². The summed E-state index contributed by atoms with van der Waals surface area (Å²) in [4.78, 5) is 0. The quantitative estimate of drug-likeness (QED) is 0.469. The van der Waals surface area contributed by atoms with Crippen LogP contribution in [-0.4, -0.2) is 20.6 Å². The molecule has 0 aromatic carbocycles. The van der Waals surface area contributed by atoms with Crippen molar-refractivity contribution in [3.63, 3.8) is 0 Å². The highest BCUT2D eigenvalue weighted by molar-refractivity contribution is 5.16. The Morgan fingerprint density at radius 3 is 1.91 bits per heavy atom. The van der Waals surface area contributed by atoms with Crippen molar-refractivity contribution >= 4 is 0 Å². The summed E-state index contributed by atoms with van der Waals surface area (Å²) in [7, 11) is 3.39. The first-order valence-corrected chi connectivity index (χ1v) is 8.21. The zero-order valence-corrected chi connectivity index (χ0v) is 16.1. The molecule has 0 aliphatic rings. The first kappa shape index (κ1) is 28.6. The van der Waals surface area contributed by atoms with Crippen LogP contribution in [0.1, 0.15) is 53.9 Å². The van der Waals surface area contributed by atoms with Gasteiger partial charge in [-0.15, -0.1) is 6.58 Å². The van der Waals surface area contributed by atoms with Crippen LogP contribution in [-0.2, 0) is 0 Å². The summed E-state index contributed by atoms with van der Waals surface area (Å²) in [5.41, 5.74) is 5.66. The van der Waals surface area contributed by atoms with E-state index in [2.05, 4.69) is 55.9 Å². The van der Waals surface area contributed by atoms with Crippen LogP contribution in [0.2, 0.25) is 0 Å². The third kappa shape index (κ3) is 42.8. The summed E-state index contributed by atoms with van der Waals surface area (Å²) in [6, 6.07) is 0. The van der Waals surface area contributed by atoms with Gasteiger partial charge in [0.1, 0.15) is 0 Å². The predicted molar refractivity (Wildman–Crippen MR) is 106 cm³/mol. The standard InChI is InChI=1S/C11H20N2.C4H10.C3H6.CH5N/c1-4-6-9-13-11(7-5-2)8-10-12-3;1-3-4-2;1-3-2;1-2/h4,6-8,10,12-13H,5,9H2,1-3H3;3-4H2,1-2H3;3H,1H2,2H3;2H2,1H3/b6-4-,10-8-,11-7+;;;. The fraction of sp³-hybridized carbons (Fsp3) is 0.579. The van der Waals surface area contributed by atoms with E-state index in [1.54, 1.807) is 6.08 Å². The van der Waals surface area contributed by atoms with Crippen LogP contribution in [0.15, 0.2) is 48.9 Å². The molecule has 0 bridgehead atoms. The zero-order chi connectivity index (χ0) is 18.1. The van der Waals surface area contributed by atoms with Crippen molar-refractivity contribution in [3.8, 4) is 0 Å². The van der Waals surface area contributed by atoms with Crippen LogP contribution in [0.5, 0.6) is 0 Å². The molecular weight excluding hydrogens is 270 g/mol. The molecular formula is C19H41N3. The summed E-state index contributed by atoms with van der Waals surface area (Å²) in [5, 5.41) is 6.27. The lowest BCUT2D eigenvalue weighted by Gasteiger charge is -2.03. The molecule has 0 aliphatic heterocycles. The van der Waals surface area contributed by atoms with Gasteiger partial charge in [0.05, 0.1) is 0 Å². The molecule has 0 radical (unpaired) electrons. The van der Waals surface area contributed by atoms with Crippen molar-refractivity contribution in [2.24, 2.45) is 5.73 Å². The molecule has 0 saturated carbocycles. The molecule has 0 heterocycles. The first-order valence-electron chi connectivity index (χ1n) is 8.21. The van der Waals surface area contributed by atoms with E-state index in [1.807, 2.05) is 39.2 Å². The Morgan fingerprint density at radius 1 is 1.09 bits per heavy atom. The maximum Gasteiger partial charge on any atom is 0.0330 e. The van der Waals surface area contributed by atoms with Crippen molar-refractivity contribution < 1.29 is 0 Å². The van der Waals surface area contributed by atoms with E-state index < -0.39 is 0 Å². The highest BCUT2D eigenvalue weighted by Crippen LogP contribution is 1.93. The molecule has 0 saturated heterocycles. The molecule has 0 aromatic heterocycles. The van der Waals surface area contributed by atoms with E-state index in [0.717, 1.165) is 18.7 Å². The lowest BCUT2D eigenvalue weighted by atomic mass is 10.3. The normalized spacial score (nSPS) is 9.73. The summed E-state index contributed by atoms with van der Waals surface area (Å²) in [6.45, 7) is 14.6. The van der Waals surface area contributed by atoms with Gasteiger partial charge in [-0.05, 0) is 39.6 Å². The van der Waals surface area contributed by atoms with Crippen LogP contribution >= 0.6 is 0 Å². The Hall–Kier alpha value is -1.48. The van der Waals surface area contributed by atoms with Crippen molar-refractivity contribution in [3.05, 3.63) is 48.9 Å². The van der Waals surface area contributed by atoms with Gasteiger partial charge < -0.3 is 16.4 Å². The van der Waals surface area contributed by atoms with E-state index in [0.29, 0.717) is 0 Å². The zero-order valence-electron chi connectivity index (χ0n) is 16.1. The SMILES string of the molecule is C/C=C\CNC(/C=C\NC)=C/CC.C=CC.CCCC.CN. The highest BCUT2D eigenvalue weighted by Gasteiger charge is 1.86. The molecule has 22 heavy (non-hydrogen) atoms. The van der Waals surface area contributed by atoms with Crippen molar-refractivity contribution in [1.29, 1.82) is 0 Å². The minimum atomic E-state index is 0.885. The second kappa shape index (κ2) is 36.6. The lowest BCUT2D eigenvalue weighted by Crippen LogP contribution is -2.11. The van der Waals surface area contributed by atoms with Crippen LogP contribution in [0.4, 0.5) is 0 Å². The molecule has 0 unspecified atom stereocenters. The van der Waals surface area contributed by atoms with Gasteiger partial charge in [0.25, 0.3) is 0 Å². The molecule has 3 heteroatoms. The molecule has 0 atom stereocenters. The average molecular weight is 312 g/mol. The second-order valence-electron chi connectivity index (χ2n) is 4.05. The Labute approximate surface area is 140 Å². The molecule has 3 nitrogen and oxygen atoms in total. The number of hydrogen-bond acceptors (Lipinski definition) is 3. The minimum Gasteiger partial charge on any atom is -0.394 e. The molecule has 0 aromatic rings. The smallest absolute Gasteiger partial charge is 0.0330 e. The van der Waals surface area contributed by atoms with Gasteiger partial charge >= 0.3 is 0 Å². The van der Waals surface area contributed by atoms with Crippen LogP contribution < -0.4 is 16.4 Å². The van der Waals surface area contributed by atoms with E-state index in [-0.39, 0.29) is 0 Å². The third-order valence-electron chi connectivity index (χ3n) is 2.01. The molecule has 0 fully saturated rings. The van der Waals surface area contributed by atoms with Crippen LogP contribution in [0.25, 0.3) is 0 Å². The number of nitrogens with one attached hydrogen (secondary N) is 2. The van der Waals surface area contributed by atoms with Crippen molar-refractivity contribution in [2.75, 3.05) is 20.6 Å². The minimum absolute atomic E-state index is 0.885. The number of hydrogen-bond donors (Lipinski definition) is 3. The number of rotatable bonds is 7. The van der Waals surface area contributed by atoms with Crippen LogP contribution in [0.3, 0.4) is 0 Å². The van der Waals surface area contributed by atoms with Gasteiger partial charge in [-0.2, -0.15) is 0 Å². The highest BCUT2D eigenvalue weighted by atomic mass is 14.9.